The van der Waals surface area contributed by atoms with Gasteiger partial charge in [0.15, 0.2) is 0 Å². The average molecular weight is 256 g/mol. The van der Waals surface area contributed by atoms with E-state index in [1.807, 2.05) is 44.2 Å². The summed E-state index contributed by atoms with van der Waals surface area (Å²) < 4.78 is 27.4. The number of benzene rings is 1. The minimum absolute atomic E-state index is 0.188. The quantitative estimate of drug-likeness (QED) is 0.735. The molecule has 1 atom stereocenters. The number of hydrogen-bond donors (Lipinski definition) is 0. The van der Waals surface area contributed by atoms with Gasteiger partial charge < -0.3 is 0 Å². The van der Waals surface area contributed by atoms with E-state index in [4.69, 9.17) is 4.18 Å². The molecule has 4 heteroatoms. The molecule has 0 aliphatic heterocycles. The van der Waals surface area contributed by atoms with Crippen LogP contribution in [0.25, 0.3) is 0 Å². The second-order valence-corrected chi connectivity index (χ2v) is 6.21. The molecule has 0 amide bonds. The molecular formula is C13H20O3S. The van der Waals surface area contributed by atoms with Gasteiger partial charge in [0.05, 0.1) is 12.4 Å². The highest BCUT2D eigenvalue weighted by Gasteiger charge is 2.19. The fourth-order valence-electron chi connectivity index (χ4n) is 1.67. The van der Waals surface area contributed by atoms with Crippen LogP contribution in [0.2, 0.25) is 0 Å². The minimum Gasteiger partial charge on any atom is -0.267 e. The molecule has 1 aromatic carbocycles. The molecule has 0 bridgehead atoms. The molecule has 0 saturated carbocycles. The predicted octanol–water partition coefficient (Wildman–Crippen LogP) is 2.62. The van der Waals surface area contributed by atoms with Crippen molar-refractivity contribution in [2.75, 3.05) is 6.26 Å². The van der Waals surface area contributed by atoms with Gasteiger partial charge in [-0.15, -0.1) is 0 Å². The predicted molar refractivity (Wildman–Crippen MR) is 69.3 cm³/mol. The first-order chi connectivity index (χ1) is 7.88. The molecule has 0 fully saturated rings. The minimum atomic E-state index is -3.37. The Bertz CT molecular complexity index is 423. The largest absolute Gasteiger partial charge is 0.267 e. The third kappa shape index (κ3) is 5.84. The Morgan fingerprint density at radius 1 is 1.18 bits per heavy atom. The zero-order chi connectivity index (χ0) is 12.9. The monoisotopic (exact) mass is 256 g/mol. The zero-order valence-corrected chi connectivity index (χ0v) is 11.4. The average Bonchev–Trinajstić information content (AvgIpc) is 2.24. The van der Waals surface area contributed by atoms with E-state index in [1.54, 1.807) is 0 Å². The van der Waals surface area contributed by atoms with Crippen LogP contribution in [0, 0.1) is 5.92 Å². The molecule has 0 heterocycles. The van der Waals surface area contributed by atoms with E-state index < -0.39 is 10.1 Å². The second-order valence-electron chi connectivity index (χ2n) is 4.61. The number of rotatable bonds is 6. The lowest BCUT2D eigenvalue weighted by molar-refractivity contribution is 0.151. The molecule has 96 valence electrons. The highest BCUT2D eigenvalue weighted by atomic mass is 32.2. The molecule has 0 unspecified atom stereocenters. The zero-order valence-electron chi connectivity index (χ0n) is 10.6. The molecule has 0 aliphatic rings. The van der Waals surface area contributed by atoms with E-state index in [0.717, 1.165) is 19.1 Å². The van der Waals surface area contributed by atoms with E-state index >= 15 is 0 Å². The van der Waals surface area contributed by atoms with Gasteiger partial charge in [0.25, 0.3) is 10.1 Å². The summed E-state index contributed by atoms with van der Waals surface area (Å²) >= 11 is 0. The smallest absolute Gasteiger partial charge is 0.264 e. The molecule has 0 aliphatic carbocycles. The van der Waals surface area contributed by atoms with Gasteiger partial charge in [-0.3, -0.25) is 4.18 Å². The van der Waals surface area contributed by atoms with Crippen LogP contribution in [-0.4, -0.2) is 20.8 Å². The van der Waals surface area contributed by atoms with Crippen molar-refractivity contribution in [2.45, 2.75) is 32.8 Å². The molecule has 1 aromatic rings. The van der Waals surface area contributed by atoms with Gasteiger partial charge in [0.1, 0.15) is 0 Å². The lowest BCUT2D eigenvalue weighted by Gasteiger charge is -2.19. The summed E-state index contributed by atoms with van der Waals surface area (Å²) in [6.45, 7) is 3.95. The topological polar surface area (TPSA) is 43.4 Å². The van der Waals surface area contributed by atoms with Gasteiger partial charge in [-0.2, -0.15) is 8.42 Å². The van der Waals surface area contributed by atoms with Crippen LogP contribution in [0.5, 0.6) is 0 Å². The van der Waals surface area contributed by atoms with Crippen molar-refractivity contribution >= 4 is 10.1 Å². The molecule has 0 spiro atoms. The highest BCUT2D eigenvalue weighted by Crippen LogP contribution is 2.16. The van der Waals surface area contributed by atoms with Crippen LogP contribution in [0.15, 0.2) is 30.3 Å². The lowest BCUT2D eigenvalue weighted by atomic mass is 9.99. The molecule has 0 radical (unpaired) electrons. The first-order valence-corrected chi connectivity index (χ1v) is 7.62. The maximum atomic E-state index is 11.1. The van der Waals surface area contributed by atoms with E-state index in [0.29, 0.717) is 0 Å². The maximum Gasteiger partial charge on any atom is 0.264 e. The first-order valence-electron chi connectivity index (χ1n) is 5.80. The number of hydrogen-bond acceptors (Lipinski definition) is 3. The molecule has 0 saturated heterocycles. The Morgan fingerprint density at radius 2 is 1.76 bits per heavy atom. The van der Waals surface area contributed by atoms with Crippen molar-refractivity contribution in [3.8, 4) is 0 Å². The molecule has 3 nitrogen and oxygen atoms in total. The summed E-state index contributed by atoms with van der Waals surface area (Å²) in [5.74, 6) is 0.188. The van der Waals surface area contributed by atoms with E-state index in [9.17, 15) is 8.42 Å². The standard InChI is InChI=1S/C13H20O3S/c1-11(2)13(16-17(3,14)15)10-9-12-7-5-4-6-8-12/h4-8,11,13H,9-10H2,1-3H3/t13-/m1/s1. The molecule has 17 heavy (non-hydrogen) atoms. The Kier molecular flexibility index (Phi) is 5.15. The second kappa shape index (κ2) is 6.17. The normalized spacial score (nSPS) is 13.9. The Morgan fingerprint density at radius 3 is 2.24 bits per heavy atom. The Labute approximate surface area is 104 Å². The van der Waals surface area contributed by atoms with Crippen LogP contribution < -0.4 is 0 Å². The van der Waals surface area contributed by atoms with E-state index in [2.05, 4.69) is 0 Å². The highest BCUT2D eigenvalue weighted by molar-refractivity contribution is 7.86. The summed E-state index contributed by atoms with van der Waals surface area (Å²) in [5, 5.41) is 0. The third-order valence-corrected chi connectivity index (χ3v) is 3.20. The third-order valence-electron chi connectivity index (χ3n) is 2.60. The van der Waals surface area contributed by atoms with Crippen LogP contribution >= 0.6 is 0 Å². The fraction of sp³-hybridized carbons (Fsp3) is 0.538. The summed E-state index contributed by atoms with van der Waals surface area (Å²) in [6, 6.07) is 10.0. The van der Waals surface area contributed by atoms with Gasteiger partial charge in [0.2, 0.25) is 0 Å². The van der Waals surface area contributed by atoms with Crippen molar-refractivity contribution in [2.24, 2.45) is 5.92 Å². The SMILES string of the molecule is CC(C)[C@@H](CCc1ccccc1)OS(C)(=O)=O. The summed E-state index contributed by atoms with van der Waals surface area (Å²) in [5.41, 5.74) is 1.20. The van der Waals surface area contributed by atoms with Crippen molar-refractivity contribution in [1.29, 1.82) is 0 Å². The van der Waals surface area contributed by atoms with Crippen molar-refractivity contribution in [3.05, 3.63) is 35.9 Å². The van der Waals surface area contributed by atoms with Crippen LogP contribution in [0.1, 0.15) is 25.8 Å². The van der Waals surface area contributed by atoms with Crippen LogP contribution in [0.3, 0.4) is 0 Å². The van der Waals surface area contributed by atoms with Crippen molar-refractivity contribution in [1.82, 2.24) is 0 Å². The maximum absolute atomic E-state index is 11.1. The molecule has 0 aromatic heterocycles. The summed E-state index contributed by atoms with van der Waals surface area (Å²) in [4.78, 5) is 0. The van der Waals surface area contributed by atoms with Gasteiger partial charge in [0, 0.05) is 0 Å². The Hall–Kier alpha value is -0.870. The van der Waals surface area contributed by atoms with E-state index in [-0.39, 0.29) is 12.0 Å². The van der Waals surface area contributed by atoms with Crippen molar-refractivity contribution < 1.29 is 12.6 Å². The lowest BCUT2D eigenvalue weighted by Crippen LogP contribution is -2.23. The first kappa shape index (κ1) is 14.2. The van der Waals surface area contributed by atoms with Crippen LogP contribution in [-0.2, 0) is 20.7 Å². The summed E-state index contributed by atoms with van der Waals surface area (Å²) in [6.07, 6.45) is 2.41. The molecule has 1 rings (SSSR count). The number of aryl methyl sites for hydroxylation is 1. The Balaban J connectivity index is 2.57. The van der Waals surface area contributed by atoms with Crippen molar-refractivity contribution in [3.63, 3.8) is 0 Å². The van der Waals surface area contributed by atoms with Gasteiger partial charge >= 0.3 is 0 Å². The fourth-order valence-corrected chi connectivity index (χ4v) is 2.44. The van der Waals surface area contributed by atoms with Gasteiger partial charge in [-0.25, -0.2) is 0 Å². The molecule has 0 N–H and O–H groups in total. The van der Waals surface area contributed by atoms with Crippen LogP contribution in [0.4, 0.5) is 0 Å². The summed E-state index contributed by atoms with van der Waals surface area (Å²) in [7, 11) is -3.37. The van der Waals surface area contributed by atoms with E-state index in [1.165, 1.54) is 5.56 Å². The molecular weight excluding hydrogens is 236 g/mol. The van der Waals surface area contributed by atoms with Gasteiger partial charge in [-0.1, -0.05) is 44.2 Å². The van der Waals surface area contributed by atoms with Gasteiger partial charge in [-0.05, 0) is 24.3 Å².